The third kappa shape index (κ3) is 7.48. The third-order valence-corrected chi connectivity index (χ3v) is 4.44. The second-order valence-corrected chi connectivity index (χ2v) is 6.60. The van der Waals surface area contributed by atoms with E-state index in [1.165, 1.54) is 0 Å². The second-order valence-electron chi connectivity index (χ2n) is 6.60. The van der Waals surface area contributed by atoms with Gasteiger partial charge in [-0.05, 0) is 12.8 Å². The van der Waals surface area contributed by atoms with Gasteiger partial charge in [-0.2, -0.15) is 0 Å². The smallest absolute Gasteiger partial charge is 0.251 e. The number of hydrogen-bond acceptors (Lipinski definition) is 2. The molecule has 0 atom stereocenters. The normalized spacial score (nSPS) is 9.86. The zero-order valence-corrected chi connectivity index (χ0v) is 16.3. The summed E-state index contributed by atoms with van der Waals surface area (Å²) in [6.45, 7) is 15.1. The summed E-state index contributed by atoms with van der Waals surface area (Å²) >= 11 is 0. The number of amides is 2. The lowest BCUT2D eigenvalue weighted by atomic mass is 10.1. The summed E-state index contributed by atoms with van der Waals surface area (Å²) in [5.74, 6) is -0.234. The monoisotopic (exact) mass is 388 g/mol. The van der Waals surface area contributed by atoms with Crippen molar-refractivity contribution in [2.45, 2.75) is 32.1 Å². The lowest BCUT2D eigenvalue weighted by Crippen LogP contribution is -2.24. The van der Waals surface area contributed by atoms with Crippen LogP contribution >= 0.6 is 0 Å². The summed E-state index contributed by atoms with van der Waals surface area (Å²) in [5, 5.41) is 5.78. The Bertz CT molecular complexity index is 815. The second kappa shape index (κ2) is 11.9. The molecule has 2 aromatic rings. The van der Waals surface area contributed by atoms with Crippen molar-refractivity contribution >= 4 is 23.2 Å². The van der Waals surface area contributed by atoms with Crippen LogP contribution in [-0.2, 0) is 0 Å². The van der Waals surface area contributed by atoms with Gasteiger partial charge in [-0.25, -0.2) is 9.69 Å². The van der Waals surface area contributed by atoms with E-state index in [-0.39, 0.29) is 11.8 Å². The van der Waals surface area contributed by atoms with Crippen LogP contribution in [-0.4, -0.2) is 24.9 Å². The van der Waals surface area contributed by atoms with Crippen molar-refractivity contribution < 1.29 is 9.59 Å². The van der Waals surface area contributed by atoms with E-state index in [1.807, 2.05) is 0 Å². The molecule has 2 amide bonds. The maximum atomic E-state index is 12.0. The van der Waals surface area contributed by atoms with E-state index < -0.39 is 0 Å². The van der Waals surface area contributed by atoms with Gasteiger partial charge in [0.1, 0.15) is 0 Å². The van der Waals surface area contributed by atoms with Crippen molar-refractivity contribution in [1.82, 2.24) is 10.6 Å². The highest BCUT2D eigenvalue weighted by Crippen LogP contribution is 2.13. The Balaban J connectivity index is 1.50. The SMILES string of the molecule is [C-]#[N+]c1ccc(C(=O)NCCCCCCCNC(=O)c2ccc([N+]#[C-])cc2)cc1. The molecule has 0 aliphatic heterocycles. The van der Waals surface area contributed by atoms with Gasteiger partial charge in [-0.3, -0.25) is 9.59 Å². The lowest BCUT2D eigenvalue weighted by molar-refractivity contribution is 0.0945. The molecule has 0 aliphatic carbocycles. The molecule has 2 aromatic carbocycles. The number of carbonyl (C=O) groups excluding carboxylic acids is 2. The number of benzene rings is 2. The Hall–Kier alpha value is -3.64. The fraction of sp³-hybridized carbons (Fsp3) is 0.304. The van der Waals surface area contributed by atoms with E-state index in [0.717, 1.165) is 32.1 Å². The predicted octanol–water partition coefficient (Wildman–Crippen LogP) is 4.90. The van der Waals surface area contributed by atoms with Crippen LogP contribution in [0.15, 0.2) is 48.5 Å². The maximum Gasteiger partial charge on any atom is 0.251 e. The number of rotatable bonds is 10. The van der Waals surface area contributed by atoms with Crippen molar-refractivity contribution in [1.29, 1.82) is 0 Å². The minimum absolute atomic E-state index is 0.117. The lowest BCUT2D eigenvalue weighted by Gasteiger charge is -2.07. The molecule has 148 valence electrons. The maximum absolute atomic E-state index is 12.0. The van der Waals surface area contributed by atoms with Crippen LogP contribution < -0.4 is 10.6 Å². The van der Waals surface area contributed by atoms with Crippen molar-refractivity contribution in [2.24, 2.45) is 0 Å². The van der Waals surface area contributed by atoms with E-state index in [2.05, 4.69) is 20.3 Å². The molecule has 0 aliphatic rings. The number of unbranched alkanes of at least 4 members (excludes halogenated alkanes) is 4. The summed E-state index contributed by atoms with van der Waals surface area (Å²) in [6.07, 6.45) is 4.90. The van der Waals surface area contributed by atoms with Crippen molar-refractivity contribution in [3.8, 4) is 0 Å². The summed E-state index contributed by atoms with van der Waals surface area (Å²) in [6, 6.07) is 13.2. The molecule has 0 spiro atoms. The first-order valence-corrected chi connectivity index (χ1v) is 9.65. The molecule has 0 saturated heterocycles. The molecule has 6 heteroatoms. The highest BCUT2D eigenvalue weighted by atomic mass is 16.2. The van der Waals surface area contributed by atoms with E-state index >= 15 is 0 Å². The van der Waals surface area contributed by atoms with Gasteiger partial charge in [-0.1, -0.05) is 67.8 Å². The highest BCUT2D eigenvalue weighted by Gasteiger charge is 2.05. The summed E-state index contributed by atoms with van der Waals surface area (Å²) < 4.78 is 0. The molecule has 29 heavy (non-hydrogen) atoms. The predicted molar refractivity (Wildman–Crippen MR) is 113 cm³/mol. The van der Waals surface area contributed by atoms with Gasteiger partial charge in [0.2, 0.25) is 0 Å². The molecule has 0 bridgehead atoms. The summed E-state index contributed by atoms with van der Waals surface area (Å²) in [5.41, 5.74) is 2.18. The average molecular weight is 388 g/mol. The number of carbonyl (C=O) groups is 2. The van der Waals surface area contributed by atoms with Crippen LogP contribution in [0.1, 0.15) is 52.8 Å². The molecule has 6 nitrogen and oxygen atoms in total. The van der Waals surface area contributed by atoms with E-state index in [1.54, 1.807) is 48.5 Å². The first-order chi connectivity index (χ1) is 14.1. The fourth-order valence-corrected chi connectivity index (χ4v) is 2.76. The van der Waals surface area contributed by atoms with Crippen LogP contribution in [0.2, 0.25) is 0 Å². The zero-order chi connectivity index (χ0) is 20.9. The largest absolute Gasteiger partial charge is 0.352 e. The molecular weight excluding hydrogens is 364 g/mol. The summed E-state index contributed by atoms with van der Waals surface area (Å²) in [7, 11) is 0. The van der Waals surface area contributed by atoms with Gasteiger partial charge in [0, 0.05) is 24.2 Å². The van der Waals surface area contributed by atoms with Gasteiger partial charge in [0.15, 0.2) is 11.4 Å². The molecular formula is C23H24N4O2. The van der Waals surface area contributed by atoms with Crippen LogP contribution in [0.25, 0.3) is 9.69 Å². The van der Waals surface area contributed by atoms with Gasteiger partial charge in [-0.15, -0.1) is 0 Å². The number of nitrogens with one attached hydrogen (secondary N) is 2. The Kier molecular flexibility index (Phi) is 8.92. The number of nitrogens with zero attached hydrogens (tertiary/aromatic N) is 2. The topological polar surface area (TPSA) is 66.9 Å². The van der Waals surface area contributed by atoms with Crippen LogP contribution in [0.4, 0.5) is 11.4 Å². The fourth-order valence-electron chi connectivity index (χ4n) is 2.76. The molecule has 2 rings (SSSR count). The van der Waals surface area contributed by atoms with Crippen molar-refractivity contribution in [2.75, 3.05) is 13.1 Å². The molecule has 0 radical (unpaired) electrons. The molecule has 0 heterocycles. The van der Waals surface area contributed by atoms with Crippen molar-refractivity contribution in [3.05, 3.63) is 82.5 Å². The van der Waals surface area contributed by atoms with Gasteiger partial charge in [0.05, 0.1) is 13.1 Å². The molecule has 0 unspecified atom stereocenters. The molecule has 0 fully saturated rings. The van der Waals surface area contributed by atoms with Crippen molar-refractivity contribution in [3.63, 3.8) is 0 Å². The van der Waals surface area contributed by atoms with E-state index in [0.29, 0.717) is 35.6 Å². The number of hydrogen-bond donors (Lipinski definition) is 2. The Morgan fingerprint density at radius 2 is 0.966 bits per heavy atom. The van der Waals surface area contributed by atoms with Crippen LogP contribution in [0.3, 0.4) is 0 Å². The first kappa shape index (κ1) is 21.7. The van der Waals surface area contributed by atoms with Crippen LogP contribution in [0.5, 0.6) is 0 Å². The minimum atomic E-state index is -0.117. The van der Waals surface area contributed by atoms with Gasteiger partial charge < -0.3 is 10.6 Å². The highest BCUT2D eigenvalue weighted by molar-refractivity contribution is 5.95. The zero-order valence-electron chi connectivity index (χ0n) is 16.3. The molecule has 2 N–H and O–H groups in total. The molecule has 0 saturated carbocycles. The molecule has 0 aromatic heterocycles. The third-order valence-electron chi connectivity index (χ3n) is 4.44. The van der Waals surface area contributed by atoms with Gasteiger partial charge >= 0.3 is 0 Å². The summed E-state index contributed by atoms with van der Waals surface area (Å²) in [4.78, 5) is 30.6. The Morgan fingerprint density at radius 3 is 1.31 bits per heavy atom. The standard InChI is InChI=1S/C23H24N4O2/c1-24-20-12-8-18(9-13-20)22(28)26-16-6-4-3-5-7-17-27-23(29)19-10-14-21(25-2)15-11-19/h8-15H,3-7,16-17H2,(H,26,28)(H,27,29). The quantitative estimate of drug-likeness (QED) is 0.449. The van der Waals surface area contributed by atoms with Crippen LogP contribution in [0, 0.1) is 13.1 Å². The minimum Gasteiger partial charge on any atom is -0.352 e. The van der Waals surface area contributed by atoms with E-state index in [9.17, 15) is 9.59 Å². The first-order valence-electron chi connectivity index (χ1n) is 9.65. The Labute approximate surface area is 171 Å². The average Bonchev–Trinajstić information content (AvgIpc) is 2.77. The van der Waals surface area contributed by atoms with E-state index in [4.69, 9.17) is 13.1 Å². The Morgan fingerprint density at radius 1 is 0.621 bits per heavy atom. The van der Waals surface area contributed by atoms with Gasteiger partial charge in [0.25, 0.3) is 11.8 Å².